The van der Waals surface area contributed by atoms with Gasteiger partial charge in [-0.1, -0.05) is 0 Å². The molecule has 0 bridgehead atoms. The second-order valence-corrected chi connectivity index (χ2v) is 6.05. The summed E-state index contributed by atoms with van der Waals surface area (Å²) in [5, 5.41) is 3.60. The molecule has 2 nitrogen and oxygen atoms in total. The quantitative estimate of drug-likeness (QED) is 0.826. The summed E-state index contributed by atoms with van der Waals surface area (Å²) in [5.41, 5.74) is 1.22. The summed E-state index contributed by atoms with van der Waals surface area (Å²) in [6.45, 7) is 5.18. The molecule has 3 heteroatoms. The van der Waals surface area contributed by atoms with Crippen molar-refractivity contribution in [2.75, 3.05) is 18.2 Å². The highest BCUT2D eigenvalue weighted by Gasteiger charge is 2.28. The summed E-state index contributed by atoms with van der Waals surface area (Å²) >= 11 is 1.78. The van der Waals surface area contributed by atoms with Crippen LogP contribution in [-0.2, 0) is 4.74 Å². The Balaban J connectivity index is 1.95. The van der Waals surface area contributed by atoms with Crippen LogP contribution in [0, 0.1) is 0 Å². The molecule has 2 rings (SSSR count). The fourth-order valence-electron chi connectivity index (χ4n) is 2.28. The van der Waals surface area contributed by atoms with E-state index in [1.807, 2.05) is 0 Å². The average molecular weight is 251 g/mol. The van der Waals surface area contributed by atoms with Gasteiger partial charge < -0.3 is 10.1 Å². The largest absolute Gasteiger partial charge is 0.382 e. The number of thioether (sulfide) groups is 1. The molecular weight excluding hydrogens is 230 g/mol. The Morgan fingerprint density at radius 1 is 1.29 bits per heavy atom. The highest BCUT2D eigenvalue weighted by Crippen LogP contribution is 2.27. The van der Waals surface area contributed by atoms with Gasteiger partial charge in [0.05, 0.1) is 5.60 Å². The van der Waals surface area contributed by atoms with Crippen molar-refractivity contribution in [1.82, 2.24) is 0 Å². The van der Waals surface area contributed by atoms with Gasteiger partial charge in [-0.25, -0.2) is 0 Å². The molecule has 0 amide bonds. The van der Waals surface area contributed by atoms with Gasteiger partial charge in [0.25, 0.3) is 0 Å². The lowest BCUT2D eigenvalue weighted by Gasteiger charge is -2.36. The van der Waals surface area contributed by atoms with E-state index >= 15 is 0 Å². The highest BCUT2D eigenvalue weighted by atomic mass is 32.2. The minimum atomic E-state index is 0.00906. The van der Waals surface area contributed by atoms with Gasteiger partial charge in [-0.05, 0) is 57.2 Å². The molecule has 0 spiro atoms. The van der Waals surface area contributed by atoms with Crippen molar-refractivity contribution in [3.63, 3.8) is 0 Å². The van der Waals surface area contributed by atoms with E-state index in [0.29, 0.717) is 6.04 Å². The van der Waals surface area contributed by atoms with Crippen LogP contribution in [0.15, 0.2) is 29.2 Å². The molecule has 1 aliphatic heterocycles. The Kier molecular flexibility index (Phi) is 4.00. The maximum absolute atomic E-state index is 5.73. The number of rotatable bonds is 3. The second kappa shape index (κ2) is 5.32. The van der Waals surface area contributed by atoms with Gasteiger partial charge in [-0.2, -0.15) is 0 Å². The SMILES string of the molecule is CSc1ccc(NC2CCOC(C)(C)C2)cc1. The van der Waals surface area contributed by atoms with Gasteiger partial charge in [-0.3, -0.25) is 0 Å². The molecule has 94 valence electrons. The van der Waals surface area contributed by atoms with Crippen LogP contribution in [0.5, 0.6) is 0 Å². The number of nitrogens with one attached hydrogen (secondary N) is 1. The minimum absolute atomic E-state index is 0.00906. The monoisotopic (exact) mass is 251 g/mol. The molecule has 1 saturated heterocycles. The van der Waals surface area contributed by atoms with Crippen molar-refractivity contribution in [2.45, 2.75) is 43.2 Å². The number of ether oxygens (including phenoxy) is 1. The summed E-state index contributed by atoms with van der Waals surface area (Å²) in [5.74, 6) is 0. The zero-order chi connectivity index (χ0) is 12.3. The van der Waals surface area contributed by atoms with Gasteiger partial charge >= 0.3 is 0 Å². The minimum Gasteiger partial charge on any atom is -0.382 e. The Bertz CT molecular complexity index is 361. The fraction of sp³-hybridized carbons (Fsp3) is 0.571. The molecule has 1 N–H and O–H groups in total. The lowest BCUT2D eigenvalue weighted by Crippen LogP contribution is -2.40. The third kappa shape index (κ3) is 3.65. The third-order valence-corrected chi connectivity index (χ3v) is 3.90. The van der Waals surface area contributed by atoms with Crippen molar-refractivity contribution in [3.05, 3.63) is 24.3 Å². The van der Waals surface area contributed by atoms with Gasteiger partial charge in [0.15, 0.2) is 0 Å². The molecule has 1 fully saturated rings. The van der Waals surface area contributed by atoms with Gasteiger partial charge in [0.1, 0.15) is 0 Å². The zero-order valence-electron chi connectivity index (χ0n) is 10.8. The van der Waals surface area contributed by atoms with E-state index < -0.39 is 0 Å². The fourth-order valence-corrected chi connectivity index (χ4v) is 2.69. The summed E-state index contributed by atoms with van der Waals surface area (Å²) in [6, 6.07) is 9.18. The van der Waals surface area contributed by atoms with Crippen molar-refractivity contribution >= 4 is 17.4 Å². The summed E-state index contributed by atoms with van der Waals surface area (Å²) in [7, 11) is 0. The van der Waals surface area contributed by atoms with Crippen LogP contribution in [0.3, 0.4) is 0 Å². The highest BCUT2D eigenvalue weighted by molar-refractivity contribution is 7.98. The van der Waals surface area contributed by atoms with E-state index in [4.69, 9.17) is 4.74 Å². The number of benzene rings is 1. The number of anilines is 1. The van der Waals surface area contributed by atoms with E-state index in [1.54, 1.807) is 11.8 Å². The Morgan fingerprint density at radius 2 is 2.00 bits per heavy atom. The molecule has 1 aromatic rings. The van der Waals surface area contributed by atoms with Gasteiger partial charge in [0.2, 0.25) is 0 Å². The third-order valence-electron chi connectivity index (χ3n) is 3.16. The predicted octanol–water partition coefficient (Wildman–Crippen LogP) is 3.78. The molecule has 1 unspecified atom stereocenters. The van der Waals surface area contributed by atoms with Gasteiger partial charge in [-0.15, -0.1) is 11.8 Å². The molecule has 0 aliphatic carbocycles. The molecule has 0 saturated carbocycles. The normalized spacial score (nSPS) is 23.4. The Morgan fingerprint density at radius 3 is 2.59 bits per heavy atom. The summed E-state index contributed by atoms with van der Waals surface area (Å²) < 4.78 is 5.73. The molecule has 0 aromatic heterocycles. The first kappa shape index (κ1) is 12.8. The van der Waals surface area contributed by atoms with E-state index in [1.165, 1.54) is 10.6 Å². The first-order valence-electron chi connectivity index (χ1n) is 6.14. The first-order chi connectivity index (χ1) is 8.09. The maximum atomic E-state index is 5.73. The van der Waals surface area contributed by atoms with Gasteiger partial charge in [0, 0.05) is 23.2 Å². The molecule has 1 heterocycles. The predicted molar refractivity (Wildman–Crippen MR) is 74.9 cm³/mol. The number of hydrogen-bond acceptors (Lipinski definition) is 3. The second-order valence-electron chi connectivity index (χ2n) is 5.17. The van der Waals surface area contributed by atoms with Crippen molar-refractivity contribution in [1.29, 1.82) is 0 Å². The molecular formula is C14H21NOS. The first-order valence-corrected chi connectivity index (χ1v) is 7.36. The van der Waals surface area contributed by atoms with Crippen LogP contribution >= 0.6 is 11.8 Å². The van der Waals surface area contributed by atoms with Crippen molar-refractivity contribution in [3.8, 4) is 0 Å². The molecule has 1 atom stereocenters. The van der Waals surface area contributed by atoms with Crippen LogP contribution in [-0.4, -0.2) is 24.5 Å². The van der Waals surface area contributed by atoms with Crippen LogP contribution in [0.2, 0.25) is 0 Å². The van der Waals surface area contributed by atoms with E-state index in [-0.39, 0.29) is 5.60 Å². The molecule has 1 aliphatic rings. The van der Waals surface area contributed by atoms with Crippen molar-refractivity contribution in [2.24, 2.45) is 0 Å². The standard InChI is InChI=1S/C14H21NOS/c1-14(2)10-12(8-9-16-14)15-11-4-6-13(17-3)7-5-11/h4-7,12,15H,8-10H2,1-3H3. The average Bonchev–Trinajstić information content (AvgIpc) is 2.29. The molecule has 17 heavy (non-hydrogen) atoms. The van der Waals surface area contributed by atoms with E-state index in [0.717, 1.165) is 19.4 Å². The lowest BCUT2D eigenvalue weighted by molar-refractivity contribution is -0.0553. The van der Waals surface area contributed by atoms with E-state index in [9.17, 15) is 0 Å². The molecule has 1 aromatic carbocycles. The maximum Gasteiger partial charge on any atom is 0.0646 e. The Hall–Kier alpha value is -0.670. The lowest BCUT2D eigenvalue weighted by atomic mass is 9.94. The number of hydrogen-bond donors (Lipinski definition) is 1. The smallest absolute Gasteiger partial charge is 0.0646 e. The zero-order valence-corrected chi connectivity index (χ0v) is 11.6. The topological polar surface area (TPSA) is 21.3 Å². The van der Waals surface area contributed by atoms with E-state index in [2.05, 4.69) is 49.7 Å². The van der Waals surface area contributed by atoms with Crippen LogP contribution in [0.1, 0.15) is 26.7 Å². The summed E-state index contributed by atoms with van der Waals surface area (Å²) in [4.78, 5) is 1.31. The van der Waals surface area contributed by atoms with Crippen molar-refractivity contribution < 1.29 is 4.74 Å². The van der Waals surface area contributed by atoms with Crippen LogP contribution in [0.4, 0.5) is 5.69 Å². The van der Waals surface area contributed by atoms with Crippen LogP contribution < -0.4 is 5.32 Å². The molecule has 0 radical (unpaired) electrons. The summed E-state index contributed by atoms with van der Waals surface area (Å²) in [6.07, 6.45) is 4.26. The Labute approximate surface area is 108 Å². The van der Waals surface area contributed by atoms with Crippen LogP contribution in [0.25, 0.3) is 0 Å².